The van der Waals surface area contributed by atoms with E-state index in [1.807, 2.05) is 43.1 Å². The zero-order chi connectivity index (χ0) is 25.9. The summed E-state index contributed by atoms with van der Waals surface area (Å²) < 4.78 is 12.6. The molecule has 8 heteroatoms. The lowest BCUT2D eigenvalue weighted by Gasteiger charge is -2.39. The van der Waals surface area contributed by atoms with Gasteiger partial charge in [-0.3, -0.25) is 14.4 Å². The van der Waals surface area contributed by atoms with E-state index < -0.39 is 35.0 Å². The van der Waals surface area contributed by atoms with Crippen molar-refractivity contribution in [2.75, 3.05) is 26.3 Å². The quantitative estimate of drug-likeness (QED) is 0.296. The van der Waals surface area contributed by atoms with Gasteiger partial charge in [-0.1, -0.05) is 44.6 Å². The first-order valence-electron chi connectivity index (χ1n) is 13.8. The molecule has 0 aromatic heterocycles. The Hall–Kier alpha value is -2.19. The molecule has 4 rings (SSSR count). The molecule has 0 saturated carbocycles. The van der Waals surface area contributed by atoms with Gasteiger partial charge in [0, 0.05) is 25.7 Å². The van der Waals surface area contributed by atoms with Crippen LogP contribution in [0.2, 0.25) is 0 Å². The van der Waals surface area contributed by atoms with E-state index in [-0.39, 0.29) is 24.5 Å². The van der Waals surface area contributed by atoms with Crippen LogP contribution >= 0.6 is 0 Å². The summed E-state index contributed by atoms with van der Waals surface area (Å²) in [6, 6.07) is -0.807. The molecule has 4 aliphatic heterocycles. The van der Waals surface area contributed by atoms with Crippen molar-refractivity contribution in [2.45, 2.75) is 95.4 Å². The predicted octanol–water partition coefficient (Wildman–Crippen LogP) is 2.99. The first-order valence-corrected chi connectivity index (χ1v) is 13.8. The minimum absolute atomic E-state index is 0.0243. The summed E-state index contributed by atoms with van der Waals surface area (Å²) in [7, 11) is 0. The largest absolute Gasteiger partial charge is 0.465 e. The molecule has 8 nitrogen and oxygen atoms in total. The summed E-state index contributed by atoms with van der Waals surface area (Å²) in [5, 5.41) is 9.21. The lowest BCUT2D eigenvalue weighted by molar-refractivity contribution is -0.161. The Morgan fingerprint density at radius 2 is 1.89 bits per heavy atom. The number of likely N-dealkylation sites (tertiary alicyclic amines) is 1. The van der Waals surface area contributed by atoms with Gasteiger partial charge in [-0.15, -0.1) is 0 Å². The Labute approximate surface area is 214 Å². The number of allylic oxidation sites excluding steroid dienone is 1. The maximum atomic E-state index is 14.2. The molecule has 0 aliphatic carbocycles. The van der Waals surface area contributed by atoms with Crippen LogP contribution in [0.5, 0.6) is 0 Å². The van der Waals surface area contributed by atoms with Gasteiger partial charge in [-0.25, -0.2) is 0 Å². The molecule has 1 spiro atoms. The maximum Gasteiger partial charge on any atom is 0.313 e. The van der Waals surface area contributed by atoms with Crippen LogP contribution in [0.15, 0.2) is 24.3 Å². The summed E-state index contributed by atoms with van der Waals surface area (Å²) in [5.74, 6) is -2.38. The summed E-state index contributed by atoms with van der Waals surface area (Å²) in [4.78, 5) is 45.4. The highest BCUT2D eigenvalue weighted by atomic mass is 16.6. The van der Waals surface area contributed by atoms with Crippen molar-refractivity contribution in [3.8, 4) is 0 Å². The van der Waals surface area contributed by atoms with Gasteiger partial charge < -0.3 is 24.4 Å². The fourth-order valence-corrected chi connectivity index (χ4v) is 6.67. The van der Waals surface area contributed by atoms with Gasteiger partial charge in [0.2, 0.25) is 11.8 Å². The minimum Gasteiger partial charge on any atom is -0.465 e. The van der Waals surface area contributed by atoms with E-state index >= 15 is 0 Å². The molecule has 6 atom stereocenters. The molecule has 1 N–H and O–H groups in total. The topological polar surface area (TPSA) is 96.4 Å². The number of fused-ring (bicyclic) bond motifs is 2. The average molecular weight is 503 g/mol. The SMILES string of the molecule is CCCC(C)N1CC=C[C@]23O[C@@]4(CC)/C=C\CCCOC(=O)[C@H]4[C@H]2C(=O)N(CCCCCO)C3C1=O. The van der Waals surface area contributed by atoms with Gasteiger partial charge in [-0.2, -0.15) is 0 Å². The van der Waals surface area contributed by atoms with Gasteiger partial charge in [0.1, 0.15) is 23.2 Å². The van der Waals surface area contributed by atoms with Crippen molar-refractivity contribution in [1.82, 2.24) is 9.80 Å². The zero-order valence-corrected chi connectivity index (χ0v) is 22.0. The molecule has 2 fully saturated rings. The Kier molecular flexibility index (Phi) is 8.25. The number of unbranched alkanes of at least 4 members (excludes halogenated alkanes) is 2. The second kappa shape index (κ2) is 11.1. The van der Waals surface area contributed by atoms with Crippen LogP contribution < -0.4 is 0 Å². The van der Waals surface area contributed by atoms with Gasteiger partial charge in [0.05, 0.1) is 12.5 Å². The molecule has 2 amide bonds. The first-order chi connectivity index (χ1) is 17.4. The van der Waals surface area contributed by atoms with Crippen molar-refractivity contribution in [3.05, 3.63) is 24.3 Å². The number of aliphatic hydroxyl groups is 1. The lowest BCUT2D eigenvalue weighted by Crippen LogP contribution is -2.57. The third-order valence-corrected chi connectivity index (χ3v) is 8.46. The number of hydrogen-bond acceptors (Lipinski definition) is 6. The normalized spacial score (nSPS) is 35.8. The smallest absolute Gasteiger partial charge is 0.313 e. The molecule has 0 aromatic rings. The van der Waals surface area contributed by atoms with E-state index in [9.17, 15) is 19.5 Å². The van der Waals surface area contributed by atoms with E-state index in [1.54, 1.807) is 4.90 Å². The Bertz CT molecular complexity index is 902. The fourth-order valence-electron chi connectivity index (χ4n) is 6.67. The van der Waals surface area contributed by atoms with Gasteiger partial charge in [-0.05, 0) is 51.9 Å². The third-order valence-electron chi connectivity index (χ3n) is 8.46. The van der Waals surface area contributed by atoms with Crippen LogP contribution in [-0.4, -0.2) is 82.3 Å². The molecule has 4 heterocycles. The standard InChI is InChI=1S/C28H42N2O6/c1-4-13-20(3)29-17-12-15-28-21(24(32)30(23(28)25(29)33)16-9-7-10-18-31)22-26(34)35-19-11-6-8-14-27(22,5-2)36-28/h8,12,14-15,20-23,31H,4-7,9-11,13,16-19H2,1-3H3/b14-8-/t20?,21-,22+,23?,27-,28-/m0/s1. The number of esters is 1. The van der Waals surface area contributed by atoms with Crippen LogP contribution in [0.3, 0.4) is 0 Å². The highest BCUT2D eigenvalue weighted by Gasteiger charge is 2.75. The maximum absolute atomic E-state index is 14.2. The van der Waals surface area contributed by atoms with Crippen molar-refractivity contribution < 1.29 is 29.0 Å². The number of hydrogen-bond donors (Lipinski definition) is 1. The van der Waals surface area contributed by atoms with E-state index in [4.69, 9.17) is 9.47 Å². The number of cyclic esters (lactones) is 1. The highest BCUT2D eigenvalue weighted by Crippen LogP contribution is 2.58. The zero-order valence-electron chi connectivity index (χ0n) is 22.0. The van der Waals surface area contributed by atoms with Crippen LogP contribution in [0.1, 0.15) is 72.1 Å². The van der Waals surface area contributed by atoms with Crippen molar-refractivity contribution in [2.24, 2.45) is 11.8 Å². The molecule has 0 radical (unpaired) electrons. The van der Waals surface area contributed by atoms with Gasteiger partial charge >= 0.3 is 5.97 Å². The fraction of sp³-hybridized carbons (Fsp3) is 0.750. The number of aliphatic hydroxyl groups excluding tert-OH is 1. The molecule has 4 aliphatic rings. The molecule has 2 unspecified atom stereocenters. The van der Waals surface area contributed by atoms with Crippen molar-refractivity contribution >= 4 is 17.8 Å². The lowest BCUT2D eigenvalue weighted by atomic mass is 9.73. The summed E-state index contributed by atoms with van der Waals surface area (Å²) in [6.07, 6.45) is 13.7. The van der Waals surface area contributed by atoms with Gasteiger partial charge in [0.25, 0.3) is 0 Å². The van der Waals surface area contributed by atoms with Crippen LogP contribution in [0.4, 0.5) is 0 Å². The highest BCUT2D eigenvalue weighted by molar-refractivity contribution is 5.99. The monoisotopic (exact) mass is 502 g/mol. The predicted molar refractivity (Wildman–Crippen MR) is 135 cm³/mol. The molecular formula is C28H42N2O6. The Morgan fingerprint density at radius 1 is 1.08 bits per heavy atom. The van der Waals surface area contributed by atoms with E-state index in [2.05, 4.69) is 6.92 Å². The van der Waals surface area contributed by atoms with Crippen molar-refractivity contribution in [3.63, 3.8) is 0 Å². The van der Waals surface area contributed by atoms with E-state index in [0.717, 1.165) is 32.1 Å². The van der Waals surface area contributed by atoms with Crippen molar-refractivity contribution in [1.29, 1.82) is 0 Å². The number of rotatable bonds is 9. The number of nitrogens with zero attached hydrogens (tertiary/aromatic N) is 2. The Morgan fingerprint density at radius 3 is 2.61 bits per heavy atom. The molecule has 0 aromatic carbocycles. The summed E-state index contributed by atoms with van der Waals surface area (Å²) >= 11 is 0. The number of ether oxygens (including phenoxy) is 2. The molecule has 0 bridgehead atoms. The number of carbonyl (C=O) groups excluding carboxylic acids is 3. The first kappa shape index (κ1) is 26.9. The average Bonchev–Trinajstić information content (AvgIpc) is 3.23. The van der Waals surface area contributed by atoms with Crippen LogP contribution in [0.25, 0.3) is 0 Å². The molecular weight excluding hydrogens is 460 g/mol. The Balaban J connectivity index is 1.81. The van der Waals surface area contributed by atoms with Crippen LogP contribution in [0, 0.1) is 11.8 Å². The molecule has 200 valence electrons. The summed E-state index contributed by atoms with van der Waals surface area (Å²) in [6.45, 7) is 7.34. The number of amides is 2. The molecule has 2 saturated heterocycles. The summed E-state index contributed by atoms with van der Waals surface area (Å²) in [5.41, 5.74) is -2.23. The second-order valence-corrected chi connectivity index (χ2v) is 10.7. The van der Waals surface area contributed by atoms with Crippen LogP contribution in [-0.2, 0) is 23.9 Å². The minimum atomic E-state index is -1.23. The van der Waals surface area contributed by atoms with E-state index in [0.29, 0.717) is 39.0 Å². The van der Waals surface area contributed by atoms with E-state index in [1.165, 1.54) is 0 Å². The second-order valence-electron chi connectivity index (χ2n) is 10.7. The molecule has 36 heavy (non-hydrogen) atoms. The number of carbonyl (C=O) groups is 3. The third kappa shape index (κ3) is 4.40. The van der Waals surface area contributed by atoms with Gasteiger partial charge in [0.15, 0.2) is 0 Å².